The molecule has 0 atom stereocenters. The van der Waals surface area contributed by atoms with E-state index in [1.54, 1.807) is 12.1 Å². The van der Waals surface area contributed by atoms with E-state index in [0.29, 0.717) is 10.6 Å². The Kier molecular flexibility index (Phi) is 2.84. The van der Waals surface area contributed by atoms with Crippen molar-refractivity contribution in [1.29, 1.82) is 0 Å². The quantitative estimate of drug-likeness (QED) is 0.725. The van der Waals surface area contributed by atoms with Crippen LogP contribution in [-0.4, -0.2) is 6.29 Å². The highest BCUT2D eigenvalue weighted by Gasteiger charge is 2.06. The average molecular weight is 241 g/mol. The fourth-order valence-electron chi connectivity index (χ4n) is 1.26. The van der Waals surface area contributed by atoms with Gasteiger partial charge in [0.05, 0.1) is 9.90 Å². The summed E-state index contributed by atoms with van der Waals surface area (Å²) in [5, 5.41) is 0. The molecule has 0 N–H and O–H groups in total. The van der Waals surface area contributed by atoms with Gasteiger partial charge in [-0.3, -0.25) is 4.79 Å². The van der Waals surface area contributed by atoms with Gasteiger partial charge in [-0.15, -0.1) is 11.3 Å². The molecule has 1 nitrogen and oxygen atoms in total. The van der Waals surface area contributed by atoms with Crippen LogP contribution in [-0.2, 0) is 0 Å². The second kappa shape index (κ2) is 4.13. The van der Waals surface area contributed by atoms with Crippen molar-refractivity contribution in [2.45, 2.75) is 0 Å². The molecular weight excluding hydrogens is 235 g/mol. The maximum Gasteiger partial charge on any atom is 0.153 e. The first-order valence-corrected chi connectivity index (χ1v) is 5.40. The van der Waals surface area contributed by atoms with Gasteiger partial charge in [-0.1, -0.05) is 17.7 Å². The Morgan fingerprint density at radius 2 is 2.07 bits per heavy atom. The second-order valence-electron chi connectivity index (χ2n) is 2.96. The molecule has 0 unspecified atom stereocenters. The first-order valence-electron chi connectivity index (χ1n) is 4.21. The number of carbonyl (C=O) groups excluding carboxylic acids is 1. The lowest BCUT2D eigenvalue weighted by Gasteiger charge is -1.99. The van der Waals surface area contributed by atoms with Gasteiger partial charge in [0.25, 0.3) is 0 Å². The highest BCUT2D eigenvalue weighted by molar-refractivity contribution is 7.19. The third kappa shape index (κ3) is 2.08. The van der Waals surface area contributed by atoms with Crippen LogP contribution in [0.1, 0.15) is 10.4 Å². The van der Waals surface area contributed by atoms with E-state index in [1.165, 1.54) is 23.5 Å². The fraction of sp³-hybridized carbons (Fsp3) is 0. The van der Waals surface area contributed by atoms with E-state index in [2.05, 4.69) is 0 Å². The smallest absolute Gasteiger partial charge is 0.153 e. The van der Waals surface area contributed by atoms with Crippen molar-refractivity contribution in [3.05, 3.63) is 46.0 Å². The second-order valence-corrected chi connectivity index (χ2v) is 4.67. The van der Waals surface area contributed by atoms with Gasteiger partial charge in [-0.25, -0.2) is 4.39 Å². The van der Waals surface area contributed by atoms with Crippen LogP contribution in [0.2, 0.25) is 4.34 Å². The lowest BCUT2D eigenvalue weighted by molar-refractivity contribution is 0.112. The summed E-state index contributed by atoms with van der Waals surface area (Å²) >= 11 is 7.18. The first-order chi connectivity index (χ1) is 7.20. The zero-order chi connectivity index (χ0) is 10.8. The molecule has 0 saturated carbocycles. The Morgan fingerprint density at radius 1 is 1.27 bits per heavy atom. The zero-order valence-electron chi connectivity index (χ0n) is 7.54. The van der Waals surface area contributed by atoms with Crippen LogP contribution in [0.3, 0.4) is 0 Å². The summed E-state index contributed by atoms with van der Waals surface area (Å²) in [6.07, 6.45) is 0.508. The normalized spacial score (nSPS) is 10.3. The Hall–Kier alpha value is -1.19. The minimum atomic E-state index is -0.503. The molecule has 2 rings (SSSR count). The SMILES string of the molecule is O=Cc1cc(-c2ccc(Cl)s2)ccc1F. The zero-order valence-corrected chi connectivity index (χ0v) is 9.11. The van der Waals surface area contributed by atoms with E-state index in [0.717, 1.165) is 10.4 Å². The first kappa shape index (κ1) is 10.3. The summed E-state index contributed by atoms with van der Waals surface area (Å²) in [7, 11) is 0. The van der Waals surface area contributed by atoms with Gasteiger partial charge < -0.3 is 0 Å². The van der Waals surface area contributed by atoms with Crippen molar-refractivity contribution in [3.63, 3.8) is 0 Å². The maximum atomic E-state index is 13.0. The van der Waals surface area contributed by atoms with E-state index in [-0.39, 0.29) is 5.56 Å². The molecule has 0 radical (unpaired) electrons. The van der Waals surface area contributed by atoms with Crippen molar-refractivity contribution in [1.82, 2.24) is 0 Å². The van der Waals surface area contributed by atoms with Crippen LogP contribution >= 0.6 is 22.9 Å². The molecule has 1 aromatic heterocycles. The number of carbonyl (C=O) groups is 1. The third-order valence-corrected chi connectivity index (χ3v) is 3.26. The van der Waals surface area contributed by atoms with E-state index in [4.69, 9.17) is 11.6 Å². The highest BCUT2D eigenvalue weighted by atomic mass is 35.5. The number of benzene rings is 1. The van der Waals surface area contributed by atoms with Crippen molar-refractivity contribution in [2.24, 2.45) is 0 Å². The lowest BCUT2D eigenvalue weighted by atomic mass is 10.1. The van der Waals surface area contributed by atoms with E-state index in [9.17, 15) is 9.18 Å². The Balaban J connectivity index is 2.50. The van der Waals surface area contributed by atoms with Crippen molar-refractivity contribution >= 4 is 29.2 Å². The molecule has 2 aromatic rings. The fourth-order valence-corrected chi connectivity index (χ4v) is 2.30. The predicted molar refractivity (Wildman–Crippen MR) is 60.1 cm³/mol. The van der Waals surface area contributed by atoms with Crippen LogP contribution in [0.4, 0.5) is 4.39 Å². The molecule has 0 bridgehead atoms. The van der Waals surface area contributed by atoms with Crippen LogP contribution in [0.5, 0.6) is 0 Å². The van der Waals surface area contributed by atoms with Crippen LogP contribution < -0.4 is 0 Å². The number of thiophene rings is 1. The number of hydrogen-bond acceptors (Lipinski definition) is 2. The van der Waals surface area contributed by atoms with Gasteiger partial charge in [0, 0.05) is 4.88 Å². The Bertz CT molecular complexity index is 507. The summed E-state index contributed by atoms with van der Waals surface area (Å²) in [5.74, 6) is -0.503. The molecule has 15 heavy (non-hydrogen) atoms. The molecule has 1 heterocycles. The van der Waals surface area contributed by atoms with Gasteiger partial charge in [-0.2, -0.15) is 0 Å². The monoisotopic (exact) mass is 240 g/mol. The average Bonchev–Trinajstić information content (AvgIpc) is 2.66. The van der Waals surface area contributed by atoms with Crippen LogP contribution in [0.25, 0.3) is 10.4 Å². The number of rotatable bonds is 2. The molecular formula is C11H6ClFOS. The summed E-state index contributed by atoms with van der Waals surface area (Å²) in [4.78, 5) is 11.5. The standard InChI is InChI=1S/C11H6ClFOS/c12-11-4-3-10(15-11)7-1-2-9(13)8(5-7)6-14/h1-6H. The summed E-state index contributed by atoms with van der Waals surface area (Å²) in [6, 6.07) is 8.04. The number of hydrogen-bond donors (Lipinski definition) is 0. The molecule has 0 aliphatic carbocycles. The molecule has 0 amide bonds. The van der Waals surface area contributed by atoms with Gasteiger partial charge in [0.15, 0.2) is 6.29 Å². The molecule has 1 aromatic carbocycles. The predicted octanol–water partition coefficient (Wildman–Crippen LogP) is 4.02. The Labute approximate surface area is 95.1 Å². The number of aldehydes is 1. The molecule has 0 spiro atoms. The van der Waals surface area contributed by atoms with Gasteiger partial charge in [-0.05, 0) is 29.8 Å². The maximum absolute atomic E-state index is 13.0. The minimum Gasteiger partial charge on any atom is -0.298 e. The lowest BCUT2D eigenvalue weighted by Crippen LogP contribution is -1.87. The van der Waals surface area contributed by atoms with Crippen LogP contribution in [0, 0.1) is 5.82 Å². The minimum absolute atomic E-state index is 0.0667. The van der Waals surface area contributed by atoms with Gasteiger partial charge in [0.2, 0.25) is 0 Å². The summed E-state index contributed by atoms with van der Waals surface area (Å²) < 4.78 is 13.7. The third-order valence-electron chi connectivity index (χ3n) is 1.98. The number of halogens is 2. The molecule has 4 heteroatoms. The van der Waals surface area contributed by atoms with Crippen molar-refractivity contribution in [2.75, 3.05) is 0 Å². The largest absolute Gasteiger partial charge is 0.298 e. The molecule has 0 aliphatic heterocycles. The van der Waals surface area contributed by atoms with E-state index in [1.807, 2.05) is 6.07 Å². The molecule has 76 valence electrons. The highest BCUT2D eigenvalue weighted by Crippen LogP contribution is 2.31. The molecule has 0 aliphatic rings. The summed E-state index contributed by atoms with van der Waals surface area (Å²) in [6.45, 7) is 0. The summed E-state index contributed by atoms with van der Waals surface area (Å²) in [5.41, 5.74) is 0.868. The molecule has 0 saturated heterocycles. The van der Waals surface area contributed by atoms with E-state index < -0.39 is 5.82 Å². The van der Waals surface area contributed by atoms with Gasteiger partial charge >= 0.3 is 0 Å². The topological polar surface area (TPSA) is 17.1 Å². The van der Waals surface area contributed by atoms with Crippen molar-refractivity contribution in [3.8, 4) is 10.4 Å². The van der Waals surface area contributed by atoms with Crippen LogP contribution in [0.15, 0.2) is 30.3 Å². The van der Waals surface area contributed by atoms with Gasteiger partial charge in [0.1, 0.15) is 5.82 Å². The van der Waals surface area contributed by atoms with E-state index >= 15 is 0 Å². The molecule has 0 fully saturated rings. The van der Waals surface area contributed by atoms with Crippen molar-refractivity contribution < 1.29 is 9.18 Å². The Morgan fingerprint density at radius 3 is 2.67 bits per heavy atom.